The second-order valence-electron chi connectivity index (χ2n) is 3.60. The third-order valence-corrected chi connectivity index (χ3v) is 3.24. The zero-order valence-corrected chi connectivity index (χ0v) is 10.7. The number of amides is 1. The summed E-state index contributed by atoms with van der Waals surface area (Å²) >= 11 is 3.54. The minimum atomic E-state index is -0.126. The fourth-order valence-corrected chi connectivity index (χ4v) is 1.92. The fraction of sp³-hybridized carbons (Fsp3) is 0.154. The SMILES string of the molecule is O=C(NCC(Br)c1ccccc1)c1ccoc1. The zero-order chi connectivity index (χ0) is 12.1. The van der Waals surface area contributed by atoms with Gasteiger partial charge in [0.1, 0.15) is 6.26 Å². The highest BCUT2D eigenvalue weighted by atomic mass is 79.9. The quantitative estimate of drug-likeness (QED) is 0.880. The molecule has 0 radical (unpaired) electrons. The summed E-state index contributed by atoms with van der Waals surface area (Å²) in [6.07, 6.45) is 2.92. The molecule has 0 aliphatic rings. The standard InChI is InChI=1S/C13H12BrNO2/c14-12(10-4-2-1-3-5-10)8-15-13(16)11-6-7-17-9-11/h1-7,9,12H,8H2,(H,15,16). The Morgan fingerprint density at radius 2 is 2.06 bits per heavy atom. The number of halogens is 1. The van der Waals surface area contributed by atoms with Gasteiger partial charge in [-0.15, -0.1) is 0 Å². The molecule has 0 saturated carbocycles. The van der Waals surface area contributed by atoms with Crippen LogP contribution in [0.3, 0.4) is 0 Å². The van der Waals surface area contributed by atoms with Crippen LogP contribution in [0.25, 0.3) is 0 Å². The molecule has 1 N–H and O–H groups in total. The molecule has 3 nitrogen and oxygen atoms in total. The van der Waals surface area contributed by atoms with Crippen molar-refractivity contribution in [2.75, 3.05) is 6.54 Å². The Hall–Kier alpha value is -1.55. The first kappa shape index (κ1) is 11.9. The number of nitrogens with one attached hydrogen (secondary N) is 1. The van der Waals surface area contributed by atoms with Crippen LogP contribution in [0.5, 0.6) is 0 Å². The second kappa shape index (κ2) is 5.68. The first-order valence-electron chi connectivity index (χ1n) is 5.27. The van der Waals surface area contributed by atoms with Gasteiger partial charge in [0, 0.05) is 6.54 Å². The molecular formula is C13H12BrNO2. The first-order chi connectivity index (χ1) is 8.27. The molecule has 0 bridgehead atoms. The maximum Gasteiger partial charge on any atom is 0.254 e. The molecule has 88 valence electrons. The van der Waals surface area contributed by atoms with Crippen molar-refractivity contribution < 1.29 is 9.21 Å². The van der Waals surface area contributed by atoms with Crippen LogP contribution in [0, 0.1) is 0 Å². The fourth-order valence-electron chi connectivity index (χ4n) is 1.46. The normalized spacial score (nSPS) is 12.1. The molecule has 1 aromatic heterocycles. The van der Waals surface area contributed by atoms with Crippen molar-refractivity contribution in [2.45, 2.75) is 4.83 Å². The molecular weight excluding hydrogens is 282 g/mol. The summed E-state index contributed by atoms with van der Waals surface area (Å²) < 4.78 is 4.85. The molecule has 1 atom stereocenters. The van der Waals surface area contributed by atoms with E-state index in [0.717, 1.165) is 5.56 Å². The number of alkyl halides is 1. The summed E-state index contributed by atoms with van der Waals surface area (Å²) in [6, 6.07) is 11.6. The third-order valence-electron chi connectivity index (χ3n) is 2.39. The van der Waals surface area contributed by atoms with E-state index in [0.29, 0.717) is 12.1 Å². The van der Waals surface area contributed by atoms with E-state index < -0.39 is 0 Å². The molecule has 1 heterocycles. The van der Waals surface area contributed by atoms with E-state index in [9.17, 15) is 4.79 Å². The molecule has 0 saturated heterocycles. The topological polar surface area (TPSA) is 42.2 Å². The van der Waals surface area contributed by atoms with Crippen molar-refractivity contribution in [2.24, 2.45) is 0 Å². The maximum absolute atomic E-state index is 11.6. The Morgan fingerprint density at radius 1 is 1.29 bits per heavy atom. The minimum absolute atomic E-state index is 0.111. The molecule has 1 aromatic carbocycles. The van der Waals surface area contributed by atoms with Crippen molar-refractivity contribution in [3.05, 3.63) is 60.1 Å². The van der Waals surface area contributed by atoms with Crippen molar-refractivity contribution in [1.82, 2.24) is 5.32 Å². The molecule has 17 heavy (non-hydrogen) atoms. The number of hydrogen-bond acceptors (Lipinski definition) is 2. The number of carbonyl (C=O) groups excluding carboxylic acids is 1. The largest absolute Gasteiger partial charge is 0.472 e. The van der Waals surface area contributed by atoms with Gasteiger partial charge in [0.05, 0.1) is 16.7 Å². The van der Waals surface area contributed by atoms with E-state index in [2.05, 4.69) is 21.2 Å². The molecule has 1 amide bonds. The number of hydrogen-bond donors (Lipinski definition) is 1. The number of furan rings is 1. The highest BCUT2D eigenvalue weighted by Gasteiger charge is 2.10. The van der Waals surface area contributed by atoms with Crippen molar-refractivity contribution in [3.8, 4) is 0 Å². The smallest absolute Gasteiger partial charge is 0.254 e. The number of benzene rings is 1. The van der Waals surface area contributed by atoms with Crippen LogP contribution in [0.15, 0.2) is 53.3 Å². The lowest BCUT2D eigenvalue weighted by Crippen LogP contribution is -2.26. The van der Waals surface area contributed by atoms with Crippen molar-refractivity contribution in [3.63, 3.8) is 0 Å². The Morgan fingerprint density at radius 3 is 2.71 bits per heavy atom. The highest BCUT2D eigenvalue weighted by molar-refractivity contribution is 9.09. The van der Waals surface area contributed by atoms with E-state index in [4.69, 9.17) is 4.42 Å². The second-order valence-corrected chi connectivity index (χ2v) is 4.71. The molecule has 0 fully saturated rings. The Labute approximate surface area is 108 Å². The van der Waals surface area contributed by atoms with Gasteiger partial charge >= 0.3 is 0 Å². The van der Waals surface area contributed by atoms with Gasteiger partial charge in [0.15, 0.2) is 0 Å². The van der Waals surface area contributed by atoms with Crippen LogP contribution in [0.4, 0.5) is 0 Å². The summed E-state index contributed by atoms with van der Waals surface area (Å²) in [4.78, 5) is 11.8. The molecule has 0 spiro atoms. The van der Waals surface area contributed by atoms with E-state index in [1.54, 1.807) is 6.07 Å². The van der Waals surface area contributed by atoms with Gasteiger partial charge in [-0.05, 0) is 11.6 Å². The van der Waals surface area contributed by atoms with Crippen molar-refractivity contribution >= 4 is 21.8 Å². The van der Waals surface area contributed by atoms with Crippen molar-refractivity contribution in [1.29, 1.82) is 0 Å². The average molecular weight is 294 g/mol. The van der Waals surface area contributed by atoms with Gasteiger partial charge in [-0.1, -0.05) is 46.3 Å². The summed E-state index contributed by atoms with van der Waals surface area (Å²) in [6.45, 7) is 0.536. The lowest BCUT2D eigenvalue weighted by molar-refractivity contribution is 0.0953. The average Bonchev–Trinajstić information content (AvgIpc) is 2.90. The van der Waals surface area contributed by atoms with Gasteiger partial charge in [-0.25, -0.2) is 0 Å². The molecule has 0 aliphatic heterocycles. The van der Waals surface area contributed by atoms with Crippen LogP contribution < -0.4 is 5.32 Å². The van der Waals surface area contributed by atoms with E-state index in [1.165, 1.54) is 12.5 Å². The van der Waals surface area contributed by atoms with Crippen LogP contribution in [-0.4, -0.2) is 12.5 Å². The minimum Gasteiger partial charge on any atom is -0.472 e. The first-order valence-corrected chi connectivity index (χ1v) is 6.18. The van der Waals surface area contributed by atoms with Crippen LogP contribution in [-0.2, 0) is 0 Å². The third kappa shape index (κ3) is 3.20. The molecule has 2 aromatic rings. The number of carbonyl (C=O) groups is 1. The lowest BCUT2D eigenvalue weighted by Gasteiger charge is -2.10. The van der Waals surface area contributed by atoms with Gasteiger partial charge in [-0.2, -0.15) is 0 Å². The number of rotatable bonds is 4. The van der Waals surface area contributed by atoms with E-state index >= 15 is 0 Å². The Kier molecular flexibility index (Phi) is 3.98. The summed E-state index contributed by atoms with van der Waals surface area (Å²) in [5, 5.41) is 2.84. The zero-order valence-electron chi connectivity index (χ0n) is 9.10. The summed E-state index contributed by atoms with van der Waals surface area (Å²) in [7, 11) is 0. The maximum atomic E-state index is 11.6. The van der Waals surface area contributed by atoms with Crippen LogP contribution >= 0.6 is 15.9 Å². The van der Waals surface area contributed by atoms with E-state index in [-0.39, 0.29) is 10.7 Å². The lowest BCUT2D eigenvalue weighted by atomic mass is 10.1. The van der Waals surface area contributed by atoms with Crippen LogP contribution in [0.1, 0.15) is 20.7 Å². The van der Waals surface area contributed by atoms with Gasteiger partial charge in [0.25, 0.3) is 5.91 Å². The molecule has 0 aliphatic carbocycles. The Bertz CT molecular complexity index is 467. The molecule has 2 rings (SSSR count). The van der Waals surface area contributed by atoms with Gasteiger partial charge in [0.2, 0.25) is 0 Å². The summed E-state index contributed by atoms with van der Waals surface area (Å²) in [5.74, 6) is -0.126. The molecule has 4 heteroatoms. The van der Waals surface area contributed by atoms with Gasteiger partial charge in [-0.3, -0.25) is 4.79 Å². The molecule has 1 unspecified atom stereocenters. The monoisotopic (exact) mass is 293 g/mol. The van der Waals surface area contributed by atoms with E-state index in [1.807, 2.05) is 30.3 Å². The highest BCUT2D eigenvalue weighted by Crippen LogP contribution is 2.21. The van der Waals surface area contributed by atoms with Crippen LogP contribution in [0.2, 0.25) is 0 Å². The predicted molar refractivity (Wildman–Crippen MR) is 69.2 cm³/mol. The van der Waals surface area contributed by atoms with Gasteiger partial charge < -0.3 is 9.73 Å². The predicted octanol–water partition coefficient (Wildman–Crippen LogP) is 3.15. The Balaban J connectivity index is 1.89. The summed E-state index contributed by atoms with van der Waals surface area (Å²) in [5.41, 5.74) is 1.68.